The highest BCUT2D eigenvalue weighted by Gasteiger charge is 2.68. The second-order valence-electron chi connectivity index (χ2n) is 16.8. The Morgan fingerprint density at radius 3 is 2.22 bits per heavy atom. The van der Waals surface area contributed by atoms with Gasteiger partial charge in [-0.1, -0.05) is 39.3 Å². The van der Waals surface area contributed by atoms with Gasteiger partial charge in [0.05, 0.1) is 33.3 Å². The van der Waals surface area contributed by atoms with E-state index in [1.165, 1.54) is 11.1 Å². The summed E-state index contributed by atoms with van der Waals surface area (Å²) in [6.45, 7) is 11.0. The number of nitriles is 1. The van der Waals surface area contributed by atoms with E-state index in [1.807, 2.05) is 45.9 Å². The molecule has 1 atom stereocenters. The van der Waals surface area contributed by atoms with Gasteiger partial charge < -0.3 is 20.3 Å². The van der Waals surface area contributed by atoms with Crippen LogP contribution in [0.1, 0.15) is 90.0 Å². The van der Waals surface area contributed by atoms with E-state index in [9.17, 15) is 29.2 Å². The predicted molar refractivity (Wildman–Crippen MR) is 203 cm³/mol. The molecule has 0 bridgehead atoms. The Balaban J connectivity index is 0.941. The lowest BCUT2D eigenvalue weighted by Gasteiger charge is -2.65. The molecule has 1 aromatic heterocycles. The van der Waals surface area contributed by atoms with Gasteiger partial charge in [-0.25, -0.2) is 4.98 Å². The quantitative estimate of drug-likeness (QED) is 0.330. The Bertz CT molecular complexity index is 2180. The highest BCUT2D eigenvalue weighted by atomic mass is 35.5. The maximum atomic E-state index is 14.4. The molecule has 8 rings (SSSR count). The van der Waals surface area contributed by atoms with Crippen LogP contribution in [0.5, 0.6) is 5.75 Å². The molecule has 5 aliphatic rings. The zero-order valence-electron chi connectivity index (χ0n) is 31.2. The second-order valence-corrected chi connectivity index (χ2v) is 17.2. The molecule has 2 N–H and O–H groups in total. The second kappa shape index (κ2) is 12.8. The Morgan fingerprint density at radius 1 is 0.909 bits per heavy atom. The highest BCUT2D eigenvalue weighted by molar-refractivity contribution is 6.31. The molecule has 2 aromatic carbocycles. The lowest BCUT2D eigenvalue weighted by Crippen LogP contribution is -2.77. The number of ether oxygens (including phenoxy) is 1. The molecule has 1 saturated carbocycles. The largest absolute Gasteiger partial charge is 0.489 e. The Hall–Kier alpha value is -5.48. The number of hydrogen-bond donors (Lipinski definition) is 1. The Labute approximate surface area is 323 Å². The average molecular weight is 764 g/mol. The van der Waals surface area contributed by atoms with Gasteiger partial charge in [0.25, 0.3) is 17.7 Å². The van der Waals surface area contributed by atoms with Crippen LogP contribution in [-0.4, -0.2) is 88.7 Å². The summed E-state index contributed by atoms with van der Waals surface area (Å²) in [7, 11) is 0. The lowest BCUT2D eigenvalue weighted by molar-refractivity contribution is -0.216. The van der Waals surface area contributed by atoms with Gasteiger partial charge in [0.2, 0.25) is 11.8 Å². The minimum absolute atomic E-state index is 0.0101. The van der Waals surface area contributed by atoms with Crippen LogP contribution in [0.2, 0.25) is 5.02 Å². The first-order valence-electron chi connectivity index (χ1n) is 18.6. The normalized spacial score (nSPS) is 25.0. The number of rotatable bonds is 7. The van der Waals surface area contributed by atoms with E-state index in [0.717, 1.165) is 55.4 Å². The molecule has 14 heteroatoms. The lowest BCUT2D eigenvalue weighted by atomic mass is 9.48. The van der Waals surface area contributed by atoms with E-state index >= 15 is 0 Å². The number of carbonyl (C=O) groups excluding carboxylic acids is 5. The molecule has 284 valence electrons. The summed E-state index contributed by atoms with van der Waals surface area (Å²) in [6, 6.07) is 14.0. The maximum Gasteiger partial charge on any atom is 0.262 e. The summed E-state index contributed by atoms with van der Waals surface area (Å²) in [4.78, 5) is 78.4. The minimum Gasteiger partial charge on any atom is -0.489 e. The fourth-order valence-corrected chi connectivity index (χ4v) is 10.3. The van der Waals surface area contributed by atoms with Crippen LogP contribution < -0.4 is 20.3 Å². The Kier molecular flexibility index (Phi) is 8.49. The number of hydrogen-bond acceptors (Lipinski definition) is 10. The molecule has 3 saturated heterocycles. The monoisotopic (exact) mass is 763 g/mol. The fraction of sp³-hybridized carbons (Fsp3) is 0.439. The molecule has 5 amide bonds. The highest BCUT2D eigenvalue weighted by Crippen LogP contribution is 2.58. The SMILES string of the molecule is CC1(C)C(Oc2ccc(C#N)c(Cl)c2)C(C)(C)C1N1C(=O)CCC(N2C(=O)c3ccc(N4CCC5(CC4)CN(c4ccc(C(N)=O)cn4)C5)cc3C2=O)C1=O. The number of carbonyl (C=O) groups is 5. The van der Waals surface area contributed by atoms with Gasteiger partial charge in [0.1, 0.15) is 29.8 Å². The third-order valence-corrected chi connectivity index (χ3v) is 12.9. The van der Waals surface area contributed by atoms with Crippen LogP contribution in [0, 0.1) is 27.6 Å². The van der Waals surface area contributed by atoms with Crippen LogP contribution in [-0.2, 0) is 9.59 Å². The standard InChI is InChI=1S/C41H42ClN7O6/c1-39(2)37(40(3,4)38(39)55-26-8-5-23(19-43)29(42)18-26)49-32(50)12-10-30(36(49)54)48-34(52)27-9-7-25(17-28(27)35(48)53)46-15-13-41(14-16-46)21-47(22-41)31-11-6-24(20-45-31)33(44)51/h5-9,11,17-18,20,30,37-38H,10,12-16,21-22H2,1-4H3,(H2,44,51). The van der Waals surface area contributed by atoms with Crippen molar-refractivity contribution < 1.29 is 28.7 Å². The smallest absolute Gasteiger partial charge is 0.262 e. The van der Waals surface area contributed by atoms with Crippen LogP contribution in [0.15, 0.2) is 54.7 Å². The number of primary amides is 1. The van der Waals surface area contributed by atoms with Gasteiger partial charge in [-0.15, -0.1) is 0 Å². The number of halogens is 1. The summed E-state index contributed by atoms with van der Waals surface area (Å²) < 4.78 is 6.39. The molecule has 5 heterocycles. The molecule has 1 unspecified atom stereocenters. The molecule has 4 aliphatic heterocycles. The summed E-state index contributed by atoms with van der Waals surface area (Å²) in [6.07, 6.45) is 3.03. The molecule has 55 heavy (non-hydrogen) atoms. The van der Waals surface area contributed by atoms with Crippen molar-refractivity contribution in [2.24, 2.45) is 22.0 Å². The third kappa shape index (κ3) is 5.72. The molecule has 3 aromatic rings. The van der Waals surface area contributed by atoms with Crippen LogP contribution in [0.25, 0.3) is 0 Å². The molecule has 1 spiro atoms. The predicted octanol–water partition coefficient (Wildman–Crippen LogP) is 4.81. The fourth-order valence-electron chi connectivity index (χ4n) is 10.1. The van der Waals surface area contributed by atoms with Crippen molar-refractivity contribution in [2.45, 2.75) is 71.6 Å². The zero-order chi connectivity index (χ0) is 39.2. The molecule has 0 radical (unpaired) electrons. The summed E-state index contributed by atoms with van der Waals surface area (Å²) in [5.74, 6) is -1.19. The number of pyridine rings is 1. The number of amides is 5. The number of piperidine rings is 2. The number of anilines is 2. The number of aromatic nitrogens is 1. The van der Waals surface area contributed by atoms with Crippen molar-refractivity contribution in [1.82, 2.24) is 14.8 Å². The van der Waals surface area contributed by atoms with Crippen LogP contribution in [0.4, 0.5) is 11.5 Å². The third-order valence-electron chi connectivity index (χ3n) is 12.6. The van der Waals surface area contributed by atoms with Crippen molar-refractivity contribution in [2.75, 3.05) is 36.0 Å². The van der Waals surface area contributed by atoms with Crippen molar-refractivity contribution >= 4 is 52.6 Å². The first kappa shape index (κ1) is 36.5. The molecule has 4 fully saturated rings. The number of nitrogens with zero attached hydrogens (tertiary/aromatic N) is 6. The number of benzene rings is 2. The summed E-state index contributed by atoms with van der Waals surface area (Å²) in [5.41, 5.74) is 6.16. The van der Waals surface area contributed by atoms with E-state index in [0.29, 0.717) is 16.9 Å². The molecule has 1 aliphatic carbocycles. The average Bonchev–Trinajstić information content (AvgIpc) is 3.39. The molecular formula is C41H42ClN7O6. The zero-order valence-corrected chi connectivity index (χ0v) is 31.9. The Morgan fingerprint density at radius 2 is 1.60 bits per heavy atom. The number of nitrogens with two attached hydrogens (primary N) is 1. The van der Waals surface area contributed by atoms with Crippen LogP contribution >= 0.6 is 11.6 Å². The van der Waals surface area contributed by atoms with Crippen molar-refractivity contribution in [1.29, 1.82) is 5.26 Å². The maximum absolute atomic E-state index is 14.4. The van der Waals surface area contributed by atoms with E-state index in [1.54, 1.807) is 36.4 Å². The van der Waals surface area contributed by atoms with Gasteiger partial charge >= 0.3 is 0 Å². The molecule has 13 nitrogen and oxygen atoms in total. The van der Waals surface area contributed by atoms with Gasteiger partial charge in [0.15, 0.2) is 0 Å². The first-order valence-corrected chi connectivity index (χ1v) is 18.9. The summed E-state index contributed by atoms with van der Waals surface area (Å²) in [5, 5.41) is 9.53. The van der Waals surface area contributed by atoms with Gasteiger partial charge in [-0.3, -0.25) is 33.8 Å². The van der Waals surface area contributed by atoms with E-state index in [-0.39, 0.29) is 40.3 Å². The van der Waals surface area contributed by atoms with Crippen molar-refractivity contribution in [3.8, 4) is 11.8 Å². The van der Waals surface area contributed by atoms with Gasteiger partial charge in [-0.2, -0.15) is 5.26 Å². The van der Waals surface area contributed by atoms with E-state index in [2.05, 4.69) is 14.8 Å². The summed E-state index contributed by atoms with van der Waals surface area (Å²) >= 11 is 6.26. The first-order chi connectivity index (χ1) is 26.1. The van der Waals surface area contributed by atoms with Gasteiger partial charge in [-0.05, 0) is 61.7 Å². The number of imide groups is 2. The number of fused-ring (bicyclic) bond motifs is 1. The van der Waals surface area contributed by atoms with Crippen molar-refractivity contribution in [3.05, 3.63) is 82.0 Å². The van der Waals surface area contributed by atoms with E-state index < -0.39 is 52.6 Å². The van der Waals surface area contributed by atoms with Gasteiger partial charge in [0, 0.05) is 66.8 Å². The van der Waals surface area contributed by atoms with Crippen LogP contribution in [0.3, 0.4) is 0 Å². The minimum atomic E-state index is -1.12. The van der Waals surface area contributed by atoms with Crippen molar-refractivity contribution in [3.63, 3.8) is 0 Å². The number of likely N-dealkylation sites (tertiary alicyclic amines) is 1. The van der Waals surface area contributed by atoms with E-state index in [4.69, 9.17) is 22.1 Å². The topological polar surface area (TPSA) is 170 Å². The molecular weight excluding hydrogens is 722 g/mol.